The van der Waals surface area contributed by atoms with Gasteiger partial charge < -0.3 is 5.73 Å². The van der Waals surface area contributed by atoms with Crippen LogP contribution >= 0.6 is 0 Å². The molecule has 1 atom stereocenters. The Morgan fingerprint density at radius 3 is 2.31 bits per heavy atom. The highest BCUT2D eigenvalue weighted by Crippen LogP contribution is 2.20. The van der Waals surface area contributed by atoms with E-state index in [0.29, 0.717) is 11.8 Å². The van der Waals surface area contributed by atoms with Gasteiger partial charge in [-0.15, -0.1) is 0 Å². The summed E-state index contributed by atoms with van der Waals surface area (Å²) in [7, 11) is 0. The average molecular weight is 177 g/mol. The first kappa shape index (κ1) is 10.3. The topological polar surface area (TPSA) is 26.0 Å². The van der Waals surface area contributed by atoms with E-state index in [-0.39, 0.29) is 0 Å². The highest BCUT2D eigenvalue weighted by Gasteiger charge is 2.05. The monoisotopic (exact) mass is 177 g/mol. The molecular formula is C12H19N. The van der Waals surface area contributed by atoms with Gasteiger partial charge in [0.2, 0.25) is 0 Å². The van der Waals surface area contributed by atoms with E-state index in [1.165, 1.54) is 11.1 Å². The van der Waals surface area contributed by atoms with E-state index < -0.39 is 0 Å². The third kappa shape index (κ3) is 2.56. The standard InChI is InChI=1S/C12H19N/c1-9(2)11-5-4-6-12(7-11)10(3)8-13/h4-7,9-10H,8,13H2,1-3H3/t10-/m0/s1. The Morgan fingerprint density at radius 1 is 1.15 bits per heavy atom. The quantitative estimate of drug-likeness (QED) is 0.755. The molecule has 0 unspecified atom stereocenters. The molecule has 1 aromatic carbocycles. The minimum atomic E-state index is 0.471. The molecule has 0 amide bonds. The number of nitrogens with two attached hydrogens (primary N) is 1. The summed E-state index contributed by atoms with van der Waals surface area (Å²) in [4.78, 5) is 0. The lowest BCUT2D eigenvalue weighted by atomic mass is 9.95. The summed E-state index contributed by atoms with van der Waals surface area (Å²) in [6.45, 7) is 7.32. The molecule has 0 fully saturated rings. The molecule has 0 spiro atoms. The Balaban J connectivity index is 2.91. The van der Waals surface area contributed by atoms with E-state index in [1.54, 1.807) is 0 Å². The highest BCUT2D eigenvalue weighted by atomic mass is 14.5. The zero-order chi connectivity index (χ0) is 9.84. The van der Waals surface area contributed by atoms with E-state index in [0.717, 1.165) is 6.54 Å². The van der Waals surface area contributed by atoms with Gasteiger partial charge in [-0.2, -0.15) is 0 Å². The summed E-state index contributed by atoms with van der Waals surface area (Å²) in [5, 5.41) is 0. The fourth-order valence-electron chi connectivity index (χ4n) is 1.36. The maximum atomic E-state index is 5.63. The lowest BCUT2D eigenvalue weighted by Gasteiger charge is -2.12. The molecule has 0 bridgehead atoms. The second-order valence-corrected chi connectivity index (χ2v) is 3.96. The van der Waals surface area contributed by atoms with Crippen molar-refractivity contribution in [1.82, 2.24) is 0 Å². The van der Waals surface area contributed by atoms with Crippen LogP contribution < -0.4 is 5.73 Å². The maximum Gasteiger partial charge on any atom is -0.00109 e. The van der Waals surface area contributed by atoms with E-state index in [1.807, 2.05) is 0 Å². The van der Waals surface area contributed by atoms with Crippen molar-refractivity contribution in [2.75, 3.05) is 6.54 Å². The molecule has 1 heteroatoms. The van der Waals surface area contributed by atoms with Gasteiger partial charge in [0, 0.05) is 0 Å². The fourth-order valence-corrected chi connectivity index (χ4v) is 1.36. The van der Waals surface area contributed by atoms with Crippen molar-refractivity contribution < 1.29 is 0 Å². The molecule has 72 valence electrons. The molecular weight excluding hydrogens is 158 g/mol. The lowest BCUT2D eigenvalue weighted by molar-refractivity contribution is 0.767. The van der Waals surface area contributed by atoms with E-state index in [4.69, 9.17) is 5.73 Å². The Bertz CT molecular complexity index is 266. The van der Waals surface area contributed by atoms with Crippen LogP contribution in [0.1, 0.15) is 43.7 Å². The third-order valence-electron chi connectivity index (χ3n) is 2.50. The molecule has 0 radical (unpaired) electrons. The van der Waals surface area contributed by atoms with Crippen LogP contribution in [-0.2, 0) is 0 Å². The first-order chi connectivity index (χ1) is 6.15. The second kappa shape index (κ2) is 4.43. The lowest BCUT2D eigenvalue weighted by Crippen LogP contribution is -2.09. The van der Waals surface area contributed by atoms with Crippen molar-refractivity contribution in [1.29, 1.82) is 0 Å². The zero-order valence-corrected chi connectivity index (χ0v) is 8.75. The Labute approximate surface area is 81.0 Å². The van der Waals surface area contributed by atoms with Crippen molar-refractivity contribution in [2.45, 2.75) is 32.6 Å². The summed E-state index contributed by atoms with van der Waals surface area (Å²) in [6, 6.07) is 8.72. The van der Waals surface area contributed by atoms with E-state index in [9.17, 15) is 0 Å². The summed E-state index contributed by atoms with van der Waals surface area (Å²) in [6.07, 6.45) is 0. The first-order valence-electron chi connectivity index (χ1n) is 4.95. The van der Waals surface area contributed by atoms with Crippen LogP contribution in [0.4, 0.5) is 0 Å². The molecule has 13 heavy (non-hydrogen) atoms. The third-order valence-corrected chi connectivity index (χ3v) is 2.50. The van der Waals surface area contributed by atoms with Crippen LogP contribution in [0.2, 0.25) is 0 Å². The number of hydrogen-bond donors (Lipinski definition) is 1. The van der Waals surface area contributed by atoms with Crippen molar-refractivity contribution >= 4 is 0 Å². The maximum absolute atomic E-state index is 5.63. The van der Waals surface area contributed by atoms with Gasteiger partial charge in [-0.1, -0.05) is 45.0 Å². The minimum Gasteiger partial charge on any atom is -0.330 e. The summed E-state index contributed by atoms with van der Waals surface area (Å²) in [5.41, 5.74) is 8.39. The van der Waals surface area contributed by atoms with Gasteiger partial charge in [-0.3, -0.25) is 0 Å². The van der Waals surface area contributed by atoms with Gasteiger partial charge in [0.15, 0.2) is 0 Å². The molecule has 2 N–H and O–H groups in total. The molecule has 0 aliphatic carbocycles. The summed E-state index contributed by atoms with van der Waals surface area (Å²) >= 11 is 0. The molecule has 1 aromatic rings. The summed E-state index contributed by atoms with van der Waals surface area (Å²) < 4.78 is 0. The molecule has 0 heterocycles. The van der Waals surface area contributed by atoms with E-state index >= 15 is 0 Å². The Hall–Kier alpha value is -0.820. The van der Waals surface area contributed by atoms with Crippen LogP contribution in [0.25, 0.3) is 0 Å². The van der Waals surface area contributed by atoms with Gasteiger partial charge in [-0.05, 0) is 29.5 Å². The Morgan fingerprint density at radius 2 is 1.77 bits per heavy atom. The average Bonchev–Trinajstić information content (AvgIpc) is 2.17. The van der Waals surface area contributed by atoms with Gasteiger partial charge in [0.25, 0.3) is 0 Å². The predicted molar refractivity (Wildman–Crippen MR) is 58.0 cm³/mol. The molecule has 0 aromatic heterocycles. The van der Waals surface area contributed by atoms with Gasteiger partial charge in [-0.25, -0.2) is 0 Å². The van der Waals surface area contributed by atoms with Crippen molar-refractivity contribution in [3.05, 3.63) is 35.4 Å². The fraction of sp³-hybridized carbons (Fsp3) is 0.500. The largest absolute Gasteiger partial charge is 0.330 e. The van der Waals surface area contributed by atoms with Crippen molar-refractivity contribution in [3.63, 3.8) is 0 Å². The van der Waals surface area contributed by atoms with Crippen LogP contribution in [0, 0.1) is 0 Å². The number of hydrogen-bond acceptors (Lipinski definition) is 1. The zero-order valence-electron chi connectivity index (χ0n) is 8.75. The predicted octanol–water partition coefficient (Wildman–Crippen LogP) is 2.87. The van der Waals surface area contributed by atoms with E-state index in [2.05, 4.69) is 45.0 Å². The van der Waals surface area contributed by atoms with Crippen LogP contribution in [0.3, 0.4) is 0 Å². The Kier molecular flexibility index (Phi) is 3.49. The van der Waals surface area contributed by atoms with Gasteiger partial charge in [0.05, 0.1) is 0 Å². The van der Waals surface area contributed by atoms with Gasteiger partial charge in [0.1, 0.15) is 0 Å². The van der Waals surface area contributed by atoms with Crippen LogP contribution in [0.5, 0.6) is 0 Å². The molecule has 0 aliphatic heterocycles. The normalized spacial score (nSPS) is 13.3. The summed E-state index contributed by atoms with van der Waals surface area (Å²) in [5.74, 6) is 1.07. The molecule has 1 rings (SSSR count). The smallest absolute Gasteiger partial charge is 0.00109 e. The molecule has 0 saturated heterocycles. The molecule has 1 nitrogen and oxygen atoms in total. The molecule has 0 saturated carbocycles. The number of rotatable bonds is 3. The van der Waals surface area contributed by atoms with Crippen molar-refractivity contribution in [3.8, 4) is 0 Å². The van der Waals surface area contributed by atoms with Crippen molar-refractivity contribution in [2.24, 2.45) is 5.73 Å². The van der Waals surface area contributed by atoms with Gasteiger partial charge >= 0.3 is 0 Å². The van der Waals surface area contributed by atoms with Crippen LogP contribution in [0.15, 0.2) is 24.3 Å². The second-order valence-electron chi connectivity index (χ2n) is 3.96. The first-order valence-corrected chi connectivity index (χ1v) is 4.95. The SMILES string of the molecule is CC(C)c1cccc([C@@H](C)CN)c1. The molecule has 0 aliphatic rings. The number of benzene rings is 1. The minimum absolute atomic E-state index is 0.471. The van der Waals surface area contributed by atoms with Crippen LogP contribution in [-0.4, -0.2) is 6.54 Å². The highest BCUT2D eigenvalue weighted by molar-refractivity contribution is 5.28.